The number of aliphatic imine (C=N–C) groups is 8. The first-order valence-electron chi connectivity index (χ1n) is 5.92. The second-order valence-corrected chi connectivity index (χ2v) is 5.23. The Morgan fingerprint density at radius 3 is 2.80 bits per heavy atom. The van der Waals surface area contributed by atoms with Crippen LogP contribution in [0, 0.1) is 0 Å². The lowest BCUT2D eigenvalue weighted by atomic mass is 10.2. The lowest BCUT2D eigenvalue weighted by molar-refractivity contribution is 1.13. The average Bonchev–Trinajstić information content (AvgIpc) is 3.13. The van der Waals surface area contributed by atoms with Crippen molar-refractivity contribution in [2.24, 2.45) is 39.9 Å². The predicted octanol–water partition coefficient (Wildman–Crippen LogP) is 0.261. The standard InChI is InChI=1S/C11H8N8S/c1(6-7-9(15-2-12-6)16-3-13-7)20-11-8-10(17-4-14-8)18-5-19-11/h2-5,7,11H,1H2. The van der Waals surface area contributed by atoms with Gasteiger partial charge < -0.3 is 0 Å². The summed E-state index contributed by atoms with van der Waals surface area (Å²) in [6.45, 7) is 0. The number of hydrogen-bond donors (Lipinski definition) is 0. The third-order valence-corrected chi connectivity index (χ3v) is 4.11. The SMILES string of the molecule is C1=NC2=NC=NC(SCC3=NC=NC4=NC=NC34)C2=N1. The molecule has 4 aliphatic rings. The Morgan fingerprint density at radius 2 is 1.80 bits per heavy atom. The molecule has 0 saturated carbocycles. The van der Waals surface area contributed by atoms with E-state index in [0.717, 1.165) is 11.4 Å². The molecule has 0 aliphatic carbocycles. The highest BCUT2D eigenvalue weighted by Crippen LogP contribution is 2.22. The van der Waals surface area contributed by atoms with Crippen molar-refractivity contribution < 1.29 is 0 Å². The molecule has 0 saturated heterocycles. The molecule has 4 rings (SSSR count). The van der Waals surface area contributed by atoms with Gasteiger partial charge in [0.1, 0.15) is 36.4 Å². The fourth-order valence-corrected chi connectivity index (χ4v) is 3.06. The monoisotopic (exact) mass is 284 g/mol. The van der Waals surface area contributed by atoms with Crippen molar-refractivity contribution in [3.63, 3.8) is 0 Å². The van der Waals surface area contributed by atoms with Gasteiger partial charge in [0.25, 0.3) is 0 Å². The Morgan fingerprint density at radius 1 is 0.900 bits per heavy atom. The van der Waals surface area contributed by atoms with Crippen molar-refractivity contribution in [2.45, 2.75) is 11.4 Å². The molecule has 0 fully saturated rings. The summed E-state index contributed by atoms with van der Waals surface area (Å²) < 4.78 is 0. The summed E-state index contributed by atoms with van der Waals surface area (Å²) in [4.78, 5) is 33.5. The molecule has 2 unspecified atom stereocenters. The number of thioether (sulfide) groups is 1. The van der Waals surface area contributed by atoms with Crippen LogP contribution in [0.3, 0.4) is 0 Å². The highest BCUT2D eigenvalue weighted by molar-refractivity contribution is 8.01. The first kappa shape index (κ1) is 11.5. The summed E-state index contributed by atoms with van der Waals surface area (Å²) in [6.07, 6.45) is 6.08. The van der Waals surface area contributed by atoms with Gasteiger partial charge in [-0.15, -0.1) is 11.8 Å². The normalized spacial score (nSPS) is 28.8. The molecule has 0 aromatic heterocycles. The Labute approximate surface area is 118 Å². The molecular weight excluding hydrogens is 276 g/mol. The molecule has 0 spiro atoms. The van der Waals surface area contributed by atoms with Crippen molar-refractivity contribution in [1.82, 2.24) is 0 Å². The molecule has 0 aromatic carbocycles. The molecule has 4 aliphatic heterocycles. The van der Waals surface area contributed by atoms with Crippen LogP contribution in [0.5, 0.6) is 0 Å². The maximum Gasteiger partial charge on any atom is 0.180 e. The van der Waals surface area contributed by atoms with Gasteiger partial charge in [-0.25, -0.2) is 30.0 Å². The van der Waals surface area contributed by atoms with Crippen molar-refractivity contribution in [3.8, 4) is 0 Å². The molecule has 2 atom stereocenters. The highest BCUT2D eigenvalue weighted by atomic mass is 32.2. The van der Waals surface area contributed by atoms with E-state index in [2.05, 4.69) is 39.9 Å². The van der Waals surface area contributed by atoms with Gasteiger partial charge in [-0.3, -0.25) is 9.98 Å². The van der Waals surface area contributed by atoms with Crippen LogP contribution in [0.4, 0.5) is 0 Å². The van der Waals surface area contributed by atoms with Crippen LogP contribution in [0.1, 0.15) is 0 Å². The molecule has 20 heavy (non-hydrogen) atoms. The molecule has 0 N–H and O–H groups in total. The number of fused-ring (bicyclic) bond motifs is 2. The summed E-state index contributed by atoms with van der Waals surface area (Å²) in [6, 6.07) is -0.144. The lowest BCUT2D eigenvalue weighted by Gasteiger charge is -2.17. The van der Waals surface area contributed by atoms with E-state index in [0.29, 0.717) is 17.4 Å². The summed E-state index contributed by atoms with van der Waals surface area (Å²) in [5.41, 5.74) is 1.72. The second-order valence-electron chi connectivity index (χ2n) is 4.16. The molecule has 0 radical (unpaired) electrons. The van der Waals surface area contributed by atoms with E-state index in [4.69, 9.17) is 0 Å². The van der Waals surface area contributed by atoms with Crippen LogP contribution in [0.25, 0.3) is 0 Å². The van der Waals surface area contributed by atoms with Gasteiger partial charge in [-0.05, 0) is 0 Å². The molecule has 8 nitrogen and oxygen atoms in total. The molecule has 0 amide bonds. The fraction of sp³-hybridized carbons (Fsp3) is 0.273. The van der Waals surface area contributed by atoms with Gasteiger partial charge in [0, 0.05) is 5.75 Å². The van der Waals surface area contributed by atoms with Crippen LogP contribution >= 0.6 is 11.8 Å². The Hall–Kier alpha value is -2.29. The zero-order valence-electron chi connectivity index (χ0n) is 10.2. The van der Waals surface area contributed by atoms with Gasteiger partial charge in [0.2, 0.25) is 0 Å². The van der Waals surface area contributed by atoms with Crippen LogP contribution in [-0.2, 0) is 0 Å². The van der Waals surface area contributed by atoms with Crippen molar-refractivity contribution in [3.05, 3.63) is 0 Å². The van der Waals surface area contributed by atoms with E-state index in [1.807, 2.05) is 0 Å². The summed E-state index contributed by atoms with van der Waals surface area (Å²) in [7, 11) is 0. The Balaban J connectivity index is 1.47. The molecule has 4 heterocycles. The van der Waals surface area contributed by atoms with Gasteiger partial charge in [-0.1, -0.05) is 0 Å². The van der Waals surface area contributed by atoms with E-state index >= 15 is 0 Å². The van der Waals surface area contributed by atoms with Crippen LogP contribution in [0.15, 0.2) is 39.9 Å². The third kappa shape index (κ3) is 1.86. The molecule has 98 valence electrons. The molecule has 9 heteroatoms. The Kier molecular flexibility index (Phi) is 2.69. The van der Waals surface area contributed by atoms with Gasteiger partial charge in [-0.2, -0.15) is 0 Å². The quantitative estimate of drug-likeness (QED) is 0.729. The summed E-state index contributed by atoms with van der Waals surface area (Å²) in [5, 5.41) is -0.0997. The van der Waals surface area contributed by atoms with Crippen molar-refractivity contribution in [1.29, 1.82) is 0 Å². The van der Waals surface area contributed by atoms with Crippen molar-refractivity contribution >= 4 is 60.2 Å². The molecule has 0 aromatic rings. The first-order chi connectivity index (χ1) is 9.92. The van der Waals surface area contributed by atoms with Gasteiger partial charge in [0.15, 0.2) is 17.7 Å². The van der Waals surface area contributed by atoms with Gasteiger partial charge in [0.05, 0.1) is 5.71 Å². The number of hydrogen-bond acceptors (Lipinski definition) is 9. The van der Waals surface area contributed by atoms with Crippen LogP contribution in [0.2, 0.25) is 0 Å². The minimum Gasteiger partial charge on any atom is -0.256 e. The molecule has 0 bridgehead atoms. The largest absolute Gasteiger partial charge is 0.256 e. The second kappa shape index (κ2) is 4.67. The Bertz CT molecular complexity index is 693. The number of nitrogens with zero attached hydrogens (tertiary/aromatic N) is 8. The van der Waals surface area contributed by atoms with Crippen LogP contribution < -0.4 is 0 Å². The highest BCUT2D eigenvalue weighted by Gasteiger charge is 2.29. The average molecular weight is 284 g/mol. The smallest absolute Gasteiger partial charge is 0.180 e. The van der Waals surface area contributed by atoms with E-state index in [-0.39, 0.29) is 11.4 Å². The number of amidine groups is 2. The maximum absolute atomic E-state index is 4.32. The maximum atomic E-state index is 4.32. The molecular formula is C11H8N8S. The minimum absolute atomic E-state index is 0.0997. The lowest BCUT2D eigenvalue weighted by Crippen LogP contribution is -2.32. The minimum atomic E-state index is -0.144. The third-order valence-electron chi connectivity index (χ3n) is 2.99. The van der Waals surface area contributed by atoms with E-state index in [1.54, 1.807) is 11.8 Å². The van der Waals surface area contributed by atoms with Crippen LogP contribution in [-0.4, -0.2) is 65.6 Å². The predicted molar refractivity (Wildman–Crippen MR) is 83.7 cm³/mol. The summed E-state index contributed by atoms with van der Waals surface area (Å²) in [5.74, 6) is 2.03. The van der Waals surface area contributed by atoms with E-state index in [1.165, 1.54) is 25.4 Å². The van der Waals surface area contributed by atoms with Crippen molar-refractivity contribution in [2.75, 3.05) is 5.75 Å². The first-order valence-corrected chi connectivity index (χ1v) is 6.97. The van der Waals surface area contributed by atoms with E-state index in [9.17, 15) is 0 Å². The number of rotatable bonds is 3. The topological polar surface area (TPSA) is 98.9 Å². The zero-order valence-corrected chi connectivity index (χ0v) is 11.0. The van der Waals surface area contributed by atoms with E-state index < -0.39 is 0 Å². The van der Waals surface area contributed by atoms with Gasteiger partial charge >= 0.3 is 0 Å². The zero-order chi connectivity index (χ0) is 13.4. The summed E-state index contributed by atoms with van der Waals surface area (Å²) >= 11 is 1.62. The fourth-order valence-electron chi connectivity index (χ4n) is 2.03.